The van der Waals surface area contributed by atoms with Crippen molar-refractivity contribution in [2.24, 2.45) is 0 Å². The van der Waals surface area contributed by atoms with Crippen LogP contribution in [0.25, 0.3) is 5.76 Å². The van der Waals surface area contributed by atoms with Gasteiger partial charge in [-0.2, -0.15) is 0 Å². The third-order valence-electron chi connectivity index (χ3n) is 7.41. The van der Waals surface area contributed by atoms with Crippen LogP contribution in [0.5, 0.6) is 17.2 Å². The van der Waals surface area contributed by atoms with Crippen molar-refractivity contribution in [3.8, 4) is 17.2 Å². The van der Waals surface area contributed by atoms with E-state index in [1.54, 1.807) is 36.4 Å². The number of carbonyl (C=O) groups excluding carboxylic acids is 2. The van der Waals surface area contributed by atoms with Gasteiger partial charge in [0.25, 0.3) is 5.78 Å². The number of aliphatic hydroxyl groups is 1. The number of rotatable bonds is 10. The van der Waals surface area contributed by atoms with E-state index in [4.69, 9.17) is 25.8 Å². The number of hydrogen-bond acceptors (Lipinski definition) is 10. The average molecular weight is 664 g/mol. The number of aliphatic hydroxyl groups excluding tert-OH is 1. The van der Waals surface area contributed by atoms with Gasteiger partial charge in [-0.25, -0.2) is 0 Å². The highest BCUT2D eigenvalue weighted by atomic mass is 35.5. The first-order chi connectivity index (χ1) is 21.8. The summed E-state index contributed by atoms with van der Waals surface area (Å²) in [6.07, 6.45) is 0.677. The Balaban J connectivity index is 1.43. The molecule has 0 spiro atoms. The molecule has 2 aliphatic rings. The van der Waals surface area contributed by atoms with Gasteiger partial charge in [-0.3, -0.25) is 14.5 Å². The fraction of sp³-hybridized carbons (Fsp3) is 0.273. The smallest absolute Gasteiger partial charge is 0.301 e. The third kappa shape index (κ3) is 6.12. The quantitative estimate of drug-likeness (QED) is 0.0617. The minimum absolute atomic E-state index is 0.00574. The number of ketones is 1. The minimum Gasteiger partial charge on any atom is -0.507 e. The molecule has 12 heteroatoms. The number of aromatic nitrogens is 2. The summed E-state index contributed by atoms with van der Waals surface area (Å²) in [5.74, 6) is 0.349. The van der Waals surface area contributed by atoms with Crippen LogP contribution in [0.4, 0.5) is 5.13 Å². The molecule has 3 heterocycles. The van der Waals surface area contributed by atoms with E-state index in [9.17, 15) is 14.7 Å². The normalized spacial score (nSPS) is 18.6. The van der Waals surface area contributed by atoms with Gasteiger partial charge in [0.15, 0.2) is 15.8 Å². The second-order valence-electron chi connectivity index (χ2n) is 10.4. The maximum atomic E-state index is 13.8. The summed E-state index contributed by atoms with van der Waals surface area (Å²) >= 11 is 8.94. The Morgan fingerprint density at radius 3 is 2.62 bits per heavy atom. The molecule has 1 saturated heterocycles. The van der Waals surface area contributed by atoms with Crippen molar-refractivity contribution >= 4 is 57.3 Å². The maximum absolute atomic E-state index is 13.8. The first-order valence-electron chi connectivity index (χ1n) is 14.5. The SMILES string of the molecule is CCOc1ccc([C@@H]2C(=C(O)c3ccc4c(c3)C[C@@H](C)O4)C(=O)C(=O)N2c2nnc(SCc3ccccc3Cl)s2)cc1OCC. The molecule has 2 atom stereocenters. The molecule has 1 fully saturated rings. The van der Waals surface area contributed by atoms with Gasteiger partial charge in [-0.15, -0.1) is 10.2 Å². The number of thioether (sulfide) groups is 1. The number of hydrogen-bond donors (Lipinski definition) is 1. The second-order valence-corrected chi connectivity index (χ2v) is 13.0. The van der Waals surface area contributed by atoms with E-state index in [-0.39, 0.29) is 22.6 Å². The molecule has 2 aliphatic heterocycles. The van der Waals surface area contributed by atoms with E-state index in [2.05, 4.69) is 10.2 Å². The first-order valence-corrected chi connectivity index (χ1v) is 16.7. The molecule has 45 heavy (non-hydrogen) atoms. The molecule has 0 unspecified atom stereocenters. The summed E-state index contributed by atoms with van der Waals surface area (Å²) in [4.78, 5) is 28.8. The fourth-order valence-corrected chi connectivity index (χ4v) is 7.57. The molecule has 6 rings (SSSR count). The lowest BCUT2D eigenvalue weighted by Gasteiger charge is -2.23. The van der Waals surface area contributed by atoms with Gasteiger partial charge in [0.1, 0.15) is 17.6 Å². The molecule has 9 nitrogen and oxygen atoms in total. The molecule has 3 aromatic carbocycles. The van der Waals surface area contributed by atoms with Crippen LogP contribution in [0, 0.1) is 0 Å². The van der Waals surface area contributed by atoms with Crippen LogP contribution in [0.3, 0.4) is 0 Å². The monoisotopic (exact) mass is 663 g/mol. The predicted molar refractivity (Wildman–Crippen MR) is 175 cm³/mol. The Morgan fingerprint density at radius 1 is 1.07 bits per heavy atom. The van der Waals surface area contributed by atoms with E-state index in [1.807, 2.05) is 45.0 Å². The minimum atomic E-state index is -1.00. The number of nitrogens with zero attached hydrogens (tertiary/aromatic N) is 3. The van der Waals surface area contributed by atoms with Crippen molar-refractivity contribution in [2.45, 2.75) is 49.4 Å². The number of amides is 1. The Kier molecular flexibility index (Phi) is 9.02. The summed E-state index contributed by atoms with van der Waals surface area (Å²) in [7, 11) is 0. The van der Waals surface area contributed by atoms with Gasteiger partial charge in [0.05, 0.1) is 24.8 Å². The van der Waals surface area contributed by atoms with Gasteiger partial charge >= 0.3 is 5.91 Å². The number of fused-ring (bicyclic) bond motifs is 1. The standard InChI is InChI=1S/C33H30ClN3O6S2/c1-4-41-25-13-10-19(16-26(25)42-5-2)28-27(29(38)20-11-12-24-22(15-20)14-18(3)43-24)30(39)31(40)37(28)32-35-36-33(45-32)44-17-21-8-6-7-9-23(21)34/h6-13,15-16,18,28,38H,4-5,14,17H2,1-3H3/t18-,28-/m1/s1. The highest BCUT2D eigenvalue weighted by Crippen LogP contribution is 2.46. The number of ether oxygens (including phenoxy) is 3. The van der Waals surface area contributed by atoms with Crippen LogP contribution in [0.1, 0.15) is 49.1 Å². The summed E-state index contributed by atoms with van der Waals surface area (Å²) in [5.41, 5.74) is 2.76. The van der Waals surface area contributed by atoms with Crippen molar-refractivity contribution < 1.29 is 28.9 Å². The number of carbonyl (C=O) groups is 2. The summed E-state index contributed by atoms with van der Waals surface area (Å²) in [6.45, 7) is 6.50. The van der Waals surface area contributed by atoms with Crippen molar-refractivity contribution in [2.75, 3.05) is 18.1 Å². The summed E-state index contributed by atoms with van der Waals surface area (Å²) < 4.78 is 18.0. The maximum Gasteiger partial charge on any atom is 0.301 e. The Bertz CT molecular complexity index is 1810. The van der Waals surface area contributed by atoms with Gasteiger partial charge in [0.2, 0.25) is 5.13 Å². The summed E-state index contributed by atoms with van der Waals surface area (Å²) in [5, 5.41) is 21.2. The number of benzene rings is 3. The fourth-order valence-electron chi connectivity index (χ4n) is 5.42. The van der Waals surface area contributed by atoms with Crippen LogP contribution in [-0.2, 0) is 21.8 Å². The van der Waals surface area contributed by atoms with Crippen LogP contribution >= 0.6 is 34.7 Å². The lowest BCUT2D eigenvalue weighted by Crippen LogP contribution is -2.29. The summed E-state index contributed by atoms with van der Waals surface area (Å²) in [6, 6.07) is 17.0. The van der Waals surface area contributed by atoms with E-state index < -0.39 is 17.7 Å². The van der Waals surface area contributed by atoms with Crippen molar-refractivity contribution in [1.29, 1.82) is 0 Å². The number of anilines is 1. The molecule has 0 aliphatic carbocycles. The molecule has 4 aromatic rings. The number of halogens is 1. The molecular formula is C33H30ClN3O6S2. The van der Waals surface area contributed by atoms with Gasteiger partial charge in [-0.1, -0.05) is 59.0 Å². The Labute approximate surface area is 273 Å². The third-order valence-corrected chi connectivity index (χ3v) is 9.88. The van der Waals surface area contributed by atoms with Crippen LogP contribution in [0.15, 0.2) is 70.6 Å². The molecule has 1 N–H and O–H groups in total. The van der Waals surface area contributed by atoms with E-state index >= 15 is 0 Å². The van der Waals surface area contributed by atoms with Crippen LogP contribution in [-0.4, -0.2) is 46.3 Å². The lowest BCUT2D eigenvalue weighted by atomic mass is 9.94. The first kappa shape index (κ1) is 30.9. The zero-order valence-electron chi connectivity index (χ0n) is 24.8. The molecule has 0 radical (unpaired) electrons. The van der Waals surface area contributed by atoms with Gasteiger partial charge in [0, 0.05) is 22.8 Å². The molecule has 1 aromatic heterocycles. The van der Waals surface area contributed by atoms with Crippen molar-refractivity contribution in [3.63, 3.8) is 0 Å². The highest BCUT2D eigenvalue weighted by Gasteiger charge is 2.48. The topological polar surface area (TPSA) is 111 Å². The van der Waals surface area contributed by atoms with Crippen LogP contribution < -0.4 is 19.1 Å². The van der Waals surface area contributed by atoms with Crippen LogP contribution in [0.2, 0.25) is 5.02 Å². The number of Topliss-reactive ketones (excluding diaryl/α,β-unsaturated/α-hetero) is 1. The van der Waals surface area contributed by atoms with E-state index in [0.717, 1.165) is 16.9 Å². The lowest BCUT2D eigenvalue weighted by molar-refractivity contribution is -0.132. The average Bonchev–Trinajstić information content (AvgIpc) is 3.72. The zero-order chi connectivity index (χ0) is 31.7. The molecule has 0 bridgehead atoms. The van der Waals surface area contributed by atoms with Crippen molar-refractivity contribution in [1.82, 2.24) is 10.2 Å². The van der Waals surface area contributed by atoms with E-state index in [1.165, 1.54) is 28.0 Å². The predicted octanol–water partition coefficient (Wildman–Crippen LogP) is 7.23. The largest absolute Gasteiger partial charge is 0.507 e. The molecule has 1 amide bonds. The molecule has 0 saturated carbocycles. The van der Waals surface area contributed by atoms with E-state index in [0.29, 0.717) is 57.4 Å². The van der Waals surface area contributed by atoms with Gasteiger partial charge < -0.3 is 19.3 Å². The molecular weight excluding hydrogens is 634 g/mol. The van der Waals surface area contributed by atoms with Crippen molar-refractivity contribution in [3.05, 3.63) is 93.5 Å². The Hall–Kier alpha value is -4.06. The molecule has 232 valence electrons. The second kappa shape index (κ2) is 13.1. The van der Waals surface area contributed by atoms with Gasteiger partial charge in [-0.05, 0) is 73.9 Å². The zero-order valence-corrected chi connectivity index (χ0v) is 27.2. The highest BCUT2D eigenvalue weighted by molar-refractivity contribution is 8.00. The Morgan fingerprint density at radius 2 is 1.84 bits per heavy atom.